The van der Waals surface area contributed by atoms with Crippen molar-refractivity contribution >= 4 is 44.8 Å². The molecule has 21 heavy (non-hydrogen) atoms. The number of ether oxygens (including phenoxy) is 1. The summed E-state index contributed by atoms with van der Waals surface area (Å²) in [7, 11) is 1.38. The van der Waals surface area contributed by atoms with E-state index in [2.05, 4.69) is 27.3 Å². The molecule has 0 atom stereocenters. The number of carbonyl (C=O) groups is 1. The van der Waals surface area contributed by atoms with Gasteiger partial charge < -0.3 is 10.1 Å². The molecule has 3 nitrogen and oxygen atoms in total. The van der Waals surface area contributed by atoms with Gasteiger partial charge in [0.25, 0.3) is 0 Å². The minimum absolute atomic E-state index is 0.329. The zero-order valence-electron chi connectivity index (χ0n) is 11.5. The lowest BCUT2D eigenvalue weighted by atomic mass is 10.1. The fourth-order valence-electron chi connectivity index (χ4n) is 1.86. The SMILES string of the molecule is COC(=O)c1ccc(CNCCc2ccc(Cl)s2)c(Br)c1. The van der Waals surface area contributed by atoms with Crippen molar-refractivity contribution in [3.63, 3.8) is 0 Å². The maximum atomic E-state index is 11.4. The molecule has 0 amide bonds. The highest BCUT2D eigenvalue weighted by Crippen LogP contribution is 2.22. The van der Waals surface area contributed by atoms with E-state index < -0.39 is 0 Å². The second kappa shape index (κ2) is 7.94. The fourth-order valence-corrected chi connectivity index (χ4v) is 3.46. The Morgan fingerprint density at radius 1 is 1.38 bits per heavy atom. The van der Waals surface area contributed by atoms with Crippen molar-refractivity contribution in [2.45, 2.75) is 13.0 Å². The molecule has 1 aromatic carbocycles. The lowest BCUT2D eigenvalue weighted by molar-refractivity contribution is 0.0600. The molecule has 0 fully saturated rings. The summed E-state index contributed by atoms with van der Waals surface area (Å²) >= 11 is 11.0. The van der Waals surface area contributed by atoms with Crippen molar-refractivity contribution < 1.29 is 9.53 Å². The van der Waals surface area contributed by atoms with Gasteiger partial charge in [0.1, 0.15) is 0 Å². The Balaban J connectivity index is 1.84. The Bertz CT molecular complexity index is 630. The maximum Gasteiger partial charge on any atom is 0.337 e. The summed E-state index contributed by atoms with van der Waals surface area (Å²) in [5.41, 5.74) is 1.65. The van der Waals surface area contributed by atoms with Crippen molar-refractivity contribution in [3.8, 4) is 0 Å². The van der Waals surface area contributed by atoms with Gasteiger partial charge in [-0.3, -0.25) is 0 Å². The molecular formula is C15H15BrClNO2S. The van der Waals surface area contributed by atoms with Crippen LogP contribution in [0, 0.1) is 0 Å². The van der Waals surface area contributed by atoms with Crippen molar-refractivity contribution in [2.75, 3.05) is 13.7 Å². The topological polar surface area (TPSA) is 38.3 Å². The number of esters is 1. The van der Waals surface area contributed by atoms with Crippen LogP contribution in [-0.4, -0.2) is 19.6 Å². The van der Waals surface area contributed by atoms with Gasteiger partial charge in [-0.25, -0.2) is 4.79 Å². The van der Waals surface area contributed by atoms with Crippen LogP contribution >= 0.6 is 38.9 Å². The number of rotatable bonds is 6. The van der Waals surface area contributed by atoms with E-state index in [1.165, 1.54) is 12.0 Å². The van der Waals surface area contributed by atoms with E-state index in [9.17, 15) is 4.79 Å². The smallest absolute Gasteiger partial charge is 0.337 e. The van der Waals surface area contributed by atoms with Crippen molar-refractivity contribution in [3.05, 3.63) is 55.1 Å². The number of carbonyl (C=O) groups excluding carboxylic acids is 1. The number of methoxy groups -OCH3 is 1. The monoisotopic (exact) mass is 387 g/mol. The maximum absolute atomic E-state index is 11.4. The molecule has 0 saturated heterocycles. The van der Waals surface area contributed by atoms with Gasteiger partial charge in [0.15, 0.2) is 0 Å². The molecule has 1 heterocycles. The average molecular weight is 389 g/mol. The second-order valence-electron chi connectivity index (χ2n) is 4.43. The summed E-state index contributed by atoms with van der Waals surface area (Å²) in [4.78, 5) is 12.7. The van der Waals surface area contributed by atoms with E-state index in [0.29, 0.717) is 5.56 Å². The van der Waals surface area contributed by atoms with Crippen molar-refractivity contribution in [1.82, 2.24) is 5.32 Å². The molecule has 1 aromatic heterocycles. The Kier molecular flexibility index (Phi) is 6.23. The van der Waals surface area contributed by atoms with Crippen molar-refractivity contribution in [2.24, 2.45) is 0 Å². The third kappa shape index (κ3) is 4.81. The van der Waals surface area contributed by atoms with Gasteiger partial charge in [-0.1, -0.05) is 33.6 Å². The minimum Gasteiger partial charge on any atom is -0.465 e. The minimum atomic E-state index is -0.329. The van der Waals surface area contributed by atoms with Gasteiger partial charge in [-0.2, -0.15) is 0 Å². The predicted octanol–water partition coefficient (Wildman–Crippen LogP) is 4.28. The van der Waals surface area contributed by atoms with Gasteiger partial charge in [0, 0.05) is 22.4 Å². The summed E-state index contributed by atoms with van der Waals surface area (Å²) in [6, 6.07) is 9.44. The number of halogens is 2. The molecule has 6 heteroatoms. The van der Waals surface area contributed by atoms with Crippen LogP contribution in [0.4, 0.5) is 0 Å². The molecule has 0 aliphatic rings. The Morgan fingerprint density at radius 2 is 2.19 bits per heavy atom. The number of hydrogen-bond donors (Lipinski definition) is 1. The molecule has 0 spiro atoms. The number of hydrogen-bond acceptors (Lipinski definition) is 4. The molecule has 1 N–H and O–H groups in total. The lowest BCUT2D eigenvalue weighted by Gasteiger charge is -2.08. The van der Waals surface area contributed by atoms with Gasteiger partial charge in [-0.05, 0) is 36.2 Å². The van der Waals surface area contributed by atoms with E-state index >= 15 is 0 Å². The molecule has 112 valence electrons. The molecule has 0 radical (unpaired) electrons. The van der Waals surface area contributed by atoms with Gasteiger partial charge in [-0.15, -0.1) is 11.3 Å². The largest absolute Gasteiger partial charge is 0.465 e. The first-order valence-electron chi connectivity index (χ1n) is 6.42. The first-order chi connectivity index (χ1) is 10.1. The fraction of sp³-hybridized carbons (Fsp3) is 0.267. The first-order valence-corrected chi connectivity index (χ1v) is 8.40. The zero-order chi connectivity index (χ0) is 15.2. The zero-order valence-corrected chi connectivity index (χ0v) is 14.6. The number of thiophene rings is 1. The Morgan fingerprint density at radius 3 is 2.81 bits per heavy atom. The second-order valence-corrected chi connectivity index (χ2v) is 7.08. The van der Waals surface area contributed by atoms with E-state index in [0.717, 1.165) is 33.9 Å². The average Bonchev–Trinajstić information content (AvgIpc) is 2.89. The third-order valence-electron chi connectivity index (χ3n) is 2.97. The van der Waals surface area contributed by atoms with Crippen LogP contribution in [-0.2, 0) is 17.7 Å². The van der Waals surface area contributed by atoms with Crippen molar-refractivity contribution in [1.29, 1.82) is 0 Å². The molecule has 2 rings (SSSR count). The highest BCUT2D eigenvalue weighted by molar-refractivity contribution is 9.10. The number of nitrogens with one attached hydrogen (secondary N) is 1. The Labute approximate surface area is 141 Å². The van der Waals surface area contributed by atoms with Gasteiger partial charge >= 0.3 is 5.97 Å². The van der Waals surface area contributed by atoms with Crippen LogP contribution in [0.1, 0.15) is 20.8 Å². The quantitative estimate of drug-likeness (QED) is 0.593. The Hall–Kier alpha value is -0.880. The summed E-state index contributed by atoms with van der Waals surface area (Å²) in [5.74, 6) is -0.329. The highest BCUT2D eigenvalue weighted by Gasteiger charge is 2.08. The van der Waals surface area contributed by atoms with Crippen LogP contribution in [0.3, 0.4) is 0 Å². The van der Waals surface area contributed by atoms with E-state index in [1.54, 1.807) is 23.5 Å². The first kappa shape index (κ1) is 16.5. The normalized spacial score (nSPS) is 10.6. The van der Waals surface area contributed by atoms with Gasteiger partial charge in [0.2, 0.25) is 0 Å². The van der Waals surface area contributed by atoms with Crippen LogP contribution in [0.5, 0.6) is 0 Å². The summed E-state index contributed by atoms with van der Waals surface area (Å²) in [6.45, 7) is 1.61. The van der Waals surface area contributed by atoms with Gasteiger partial charge in [0.05, 0.1) is 17.0 Å². The lowest BCUT2D eigenvalue weighted by Crippen LogP contribution is -2.16. The molecule has 2 aromatic rings. The van der Waals surface area contributed by atoms with E-state index in [-0.39, 0.29) is 5.97 Å². The molecule has 0 bridgehead atoms. The van der Waals surface area contributed by atoms with E-state index in [4.69, 9.17) is 16.3 Å². The predicted molar refractivity (Wildman–Crippen MR) is 90.2 cm³/mol. The summed E-state index contributed by atoms with van der Waals surface area (Å²) < 4.78 is 6.42. The summed E-state index contributed by atoms with van der Waals surface area (Å²) in [5, 5.41) is 3.38. The number of benzene rings is 1. The van der Waals surface area contributed by atoms with Crippen LogP contribution in [0.2, 0.25) is 4.34 Å². The highest BCUT2D eigenvalue weighted by atomic mass is 79.9. The molecule has 0 aliphatic heterocycles. The molecule has 0 aliphatic carbocycles. The molecule has 0 saturated carbocycles. The summed E-state index contributed by atoms with van der Waals surface area (Å²) in [6.07, 6.45) is 0.954. The molecular weight excluding hydrogens is 374 g/mol. The van der Waals surface area contributed by atoms with Crippen LogP contribution in [0.25, 0.3) is 0 Å². The van der Waals surface area contributed by atoms with E-state index in [1.807, 2.05) is 12.1 Å². The van der Waals surface area contributed by atoms with Crippen LogP contribution in [0.15, 0.2) is 34.8 Å². The third-order valence-corrected chi connectivity index (χ3v) is 5.00. The van der Waals surface area contributed by atoms with Crippen LogP contribution < -0.4 is 5.32 Å². The standard InChI is InChI=1S/C15H15BrClNO2S/c1-20-15(19)10-2-3-11(13(16)8-10)9-18-7-6-12-4-5-14(17)21-12/h2-5,8,18H,6-7,9H2,1H3. The molecule has 0 unspecified atom stereocenters.